The first-order valence-corrected chi connectivity index (χ1v) is 7.99. The highest BCUT2D eigenvalue weighted by atomic mass is 79.9. The molecule has 1 aliphatic carbocycles. The summed E-state index contributed by atoms with van der Waals surface area (Å²) in [5, 5.41) is 11.8. The van der Waals surface area contributed by atoms with Gasteiger partial charge in [-0.3, -0.25) is 4.79 Å². The van der Waals surface area contributed by atoms with Gasteiger partial charge >= 0.3 is 5.97 Å². The van der Waals surface area contributed by atoms with Gasteiger partial charge in [0.1, 0.15) is 18.4 Å². The molecule has 0 spiro atoms. The van der Waals surface area contributed by atoms with Crippen LogP contribution in [0.1, 0.15) is 24.8 Å². The normalized spacial score (nSPS) is 17.8. The first kappa shape index (κ1) is 15.1. The molecule has 1 atom stereocenters. The van der Waals surface area contributed by atoms with E-state index in [9.17, 15) is 14.7 Å². The fraction of sp³-hybridized carbons (Fsp3) is 0.375. The lowest BCUT2D eigenvalue weighted by molar-refractivity contribution is -0.141. The van der Waals surface area contributed by atoms with Gasteiger partial charge in [-0.25, -0.2) is 4.79 Å². The van der Waals surface area contributed by atoms with Gasteiger partial charge in [0, 0.05) is 10.0 Å². The quantitative estimate of drug-likeness (QED) is 0.840. The van der Waals surface area contributed by atoms with Crippen LogP contribution in [0.3, 0.4) is 0 Å². The van der Waals surface area contributed by atoms with Gasteiger partial charge in [-0.15, -0.1) is 0 Å². The van der Waals surface area contributed by atoms with Gasteiger partial charge in [-0.1, -0.05) is 28.8 Å². The molecule has 2 aliphatic rings. The van der Waals surface area contributed by atoms with Gasteiger partial charge in [0.25, 0.3) is 5.91 Å². The van der Waals surface area contributed by atoms with Crippen molar-refractivity contribution in [3.8, 4) is 5.75 Å². The highest BCUT2D eigenvalue weighted by Gasteiger charge is 2.31. The van der Waals surface area contributed by atoms with Crippen LogP contribution < -0.4 is 10.1 Å². The molecule has 1 heterocycles. The number of benzene rings is 1. The summed E-state index contributed by atoms with van der Waals surface area (Å²) in [6.07, 6.45) is 4.34. The zero-order valence-electron chi connectivity index (χ0n) is 11.8. The minimum atomic E-state index is -0.985. The average Bonchev–Trinajstić information content (AvgIpc) is 3.29. The van der Waals surface area contributed by atoms with E-state index in [4.69, 9.17) is 4.74 Å². The van der Waals surface area contributed by atoms with Crippen molar-refractivity contribution in [2.75, 3.05) is 6.61 Å². The minimum absolute atomic E-state index is 0.149. The number of ether oxygens (including phenoxy) is 1. The number of amides is 1. The summed E-state index contributed by atoms with van der Waals surface area (Å²) in [4.78, 5) is 23.5. The van der Waals surface area contributed by atoms with Crippen molar-refractivity contribution in [3.63, 3.8) is 0 Å². The predicted octanol–water partition coefficient (Wildman–Crippen LogP) is 2.59. The Morgan fingerprint density at radius 3 is 2.86 bits per heavy atom. The molecule has 1 saturated carbocycles. The number of carbonyl (C=O) groups is 2. The van der Waals surface area contributed by atoms with E-state index in [0.29, 0.717) is 23.7 Å². The van der Waals surface area contributed by atoms with Crippen LogP contribution >= 0.6 is 15.9 Å². The average molecular weight is 366 g/mol. The third-order valence-corrected chi connectivity index (χ3v) is 4.34. The van der Waals surface area contributed by atoms with Crippen molar-refractivity contribution < 1.29 is 19.4 Å². The van der Waals surface area contributed by atoms with Crippen LogP contribution in [-0.2, 0) is 9.59 Å². The molecule has 1 fully saturated rings. The Morgan fingerprint density at radius 1 is 1.41 bits per heavy atom. The van der Waals surface area contributed by atoms with Crippen molar-refractivity contribution >= 4 is 33.9 Å². The first-order chi connectivity index (χ1) is 10.5. The van der Waals surface area contributed by atoms with Crippen LogP contribution in [0.4, 0.5) is 0 Å². The molecule has 3 rings (SSSR count). The number of rotatable bonds is 5. The summed E-state index contributed by atoms with van der Waals surface area (Å²) >= 11 is 3.38. The Kier molecular flexibility index (Phi) is 4.20. The van der Waals surface area contributed by atoms with Crippen molar-refractivity contribution in [2.24, 2.45) is 5.92 Å². The Balaban J connectivity index is 1.72. The maximum absolute atomic E-state index is 12.3. The molecule has 1 unspecified atom stereocenters. The topological polar surface area (TPSA) is 75.6 Å². The first-order valence-electron chi connectivity index (χ1n) is 7.19. The van der Waals surface area contributed by atoms with Crippen LogP contribution in [-0.4, -0.2) is 29.6 Å². The zero-order valence-corrected chi connectivity index (χ0v) is 13.4. The second kappa shape index (κ2) is 6.12. The maximum Gasteiger partial charge on any atom is 0.326 e. The van der Waals surface area contributed by atoms with E-state index in [1.807, 2.05) is 18.2 Å². The van der Waals surface area contributed by atoms with Gasteiger partial charge in [-0.2, -0.15) is 0 Å². The number of carboxylic acid groups (broad SMARTS) is 1. The van der Waals surface area contributed by atoms with Crippen LogP contribution in [0, 0.1) is 5.92 Å². The standard InChI is InChI=1S/C16H16BrNO4/c17-12-3-4-14-10(7-12)6-11(8-22-14)15(19)18-13(16(20)21)5-9-1-2-9/h3-4,6-7,9,13H,1-2,5,8H2,(H,18,19)(H,20,21). The molecule has 6 heteroatoms. The Labute approximate surface area is 136 Å². The van der Waals surface area contributed by atoms with Crippen LogP contribution in [0.25, 0.3) is 6.08 Å². The number of hydrogen-bond donors (Lipinski definition) is 2. The fourth-order valence-corrected chi connectivity index (χ4v) is 2.82. The van der Waals surface area contributed by atoms with Crippen molar-refractivity contribution in [2.45, 2.75) is 25.3 Å². The van der Waals surface area contributed by atoms with E-state index in [0.717, 1.165) is 22.9 Å². The molecular weight excluding hydrogens is 350 g/mol. The third-order valence-electron chi connectivity index (χ3n) is 3.85. The number of nitrogens with one attached hydrogen (secondary N) is 1. The highest BCUT2D eigenvalue weighted by molar-refractivity contribution is 9.10. The number of hydrogen-bond acceptors (Lipinski definition) is 3. The van der Waals surface area contributed by atoms with Gasteiger partial charge in [0.15, 0.2) is 0 Å². The molecule has 1 aromatic carbocycles. The highest BCUT2D eigenvalue weighted by Crippen LogP contribution is 2.34. The Hall–Kier alpha value is -1.82. The smallest absolute Gasteiger partial charge is 0.326 e. The molecule has 5 nitrogen and oxygen atoms in total. The molecule has 0 radical (unpaired) electrons. The molecule has 0 bridgehead atoms. The van der Waals surface area contributed by atoms with E-state index in [1.165, 1.54) is 0 Å². The second-order valence-electron chi connectivity index (χ2n) is 5.68. The molecule has 0 saturated heterocycles. The van der Waals surface area contributed by atoms with Crippen LogP contribution in [0.2, 0.25) is 0 Å². The van der Waals surface area contributed by atoms with Gasteiger partial charge in [0.2, 0.25) is 0 Å². The minimum Gasteiger partial charge on any atom is -0.488 e. The molecular formula is C16H16BrNO4. The summed E-state index contributed by atoms with van der Waals surface area (Å²) in [7, 11) is 0. The molecule has 0 aromatic heterocycles. The van der Waals surface area contributed by atoms with Gasteiger partial charge < -0.3 is 15.2 Å². The summed E-state index contributed by atoms with van der Waals surface area (Å²) in [6, 6.07) is 4.73. The third kappa shape index (κ3) is 3.50. The lowest BCUT2D eigenvalue weighted by Crippen LogP contribution is -2.42. The number of halogens is 1. The predicted molar refractivity (Wildman–Crippen MR) is 84.5 cm³/mol. The van der Waals surface area contributed by atoms with E-state index in [2.05, 4.69) is 21.2 Å². The summed E-state index contributed by atoms with van der Waals surface area (Å²) in [6.45, 7) is 0.149. The molecule has 1 aromatic rings. The molecule has 1 aliphatic heterocycles. The lowest BCUT2D eigenvalue weighted by atomic mass is 10.1. The zero-order chi connectivity index (χ0) is 15.7. The second-order valence-corrected chi connectivity index (χ2v) is 6.60. The van der Waals surface area contributed by atoms with E-state index < -0.39 is 12.0 Å². The fourth-order valence-electron chi connectivity index (χ4n) is 2.44. The summed E-state index contributed by atoms with van der Waals surface area (Å²) in [5.41, 5.74) is 1.24. The summed E-state index contributed by atoms with van der Waals surface area (Å²) in [5.74, 6) is -0.221. The van der Waals surface area contributed by atoms with Crippen molar-refractivity contribution in [1.29, 1.82) is 0 Å². The lowest BCUT2D eigenvalue weighted by Gasteiger charge is -2.20. The number of fused-ring (bicyclic) bond motifs is 1. The number of carboxylic acids is 1. The van der Waals surface area contributed by atoms with E-state index in [-0.39, 0.29) is 12.5 Å². The molecule has 116 valence electrons. The maximum atomic E-state index is 12.3. The number of carbonyl (C=O) groups excluding carboxylic acids is 1. The van der Waals surface area contributed by atoms with E-state index in [1.54, 1.807) is 6.08 Å². The Morgan fingerprint density at radius 2 is 2.18 bits per heavy atom. The molecule has 22 heavy (non-hydrogen) atoms. The molecule has 2 N–H and O–H groups in total. The van der Waals surface area contributed by atoms with Crippen LogP contribution in [0.15, 0.2) is 28.2 Å². The summed E-state index contributed by atoms with van der Waals surface area (Å²) < 4.78 is 6.44. The van der Waals surface area contributed by atoms with Crippen LogP contribution in [0.5, 0.6) is 5.75 Å². The van der Waals surface area contributed by atoms with Gasteiger partial charge in [-0.05, 0) is 36.6 Å². The van der Waals surface area contributed by atoms with Crippen molar-refractivity contribution in [1.82, 2.24) is 5.32 Å². The van der Waals surface area contributed by atoms with E-state index >= 15 is 0 Å². The largest absolute Gasteiger partial charge is 0.488 e. The van der Waals surface area contributed by atoms with Crippen molar-refractivity contribution in [3.05, 3.63) is 33.8 Å². The SMILES string of the molecule is O=C(NC(CC1CC1)C(=O)O)C1=Cc2cc(Br)ccc2OC1. The Bertz CT molecular complexity index is 652. The molecule has 1 amide bonds. The monoisotopic (exact) mass is 365 g/mol. The number of aliphatic carboxylic acids is 1. The van der Waals surface area contributed by atoms with Gasteiger partial charge in [0.05, 0.1) is 5.57 Å².